The Morgan fingerprint density at radius 3 is 2.89 bits per heavy atom. The van der Waals surface area contributed by atoms with Gasteiger partial charge in [-0.2, -0.15) is 0 Å². The van der Waals surface area contributed by atoms with E-state index in [9.17, 15) is 4.79 Å². The Bertz CT molecular complexity index is 280. The molecule has 1 saturated carbocycles. The first-order valence-electron chi connectivity index (χ1n) is 7.58. The fraction of sp³-hybridized carbons (Fsp3) is 0.933. The number of aliphatic hydroxyl groups is 1. The molecule has 1 aliphatic heterocycles. The van der Waals surface area contributed by atoms with Gasteiger partial charge < -0.3 is 10.0 Å². The highest BCUT2D eigenvalue weighted by Crippen LogP contribution is 2.30. The van der Waals surface area contributed by atoms with Crippen molar-refractivity contribution in [2.24, 2.45) is 17.8 Å². The monoisotopic (exact) mass is 253 g/mol. The Morgan fingerprint density at radius 1 is 1.33 bits per heavy atom. The summed E-state index contributed by atoms with van der Waals surface area (Å²) in [6, 6.07) is 0. The minimum absolute atomic E-state index is 0.288. The van der Waals surface area contributed by atoms with Gasteiger partial charge in [-0.1, -0.05) is 13.3 Å². The molecule has 3 nitrogen and oxygen atoms in total. The molecule has 2 rings (SSSR count). The first kappa shape index (κ1) is 14.0. The van der Waals surface area contributed by atoms with Gasteiger partial charge in [-0.05, 0) is 44.1 Å². The van der Waals surface area contributed by atoms with E-state index in [0.717, 1.165) is 51.2 Å². The number of hydrogen-bond donors (Lipinski definition) is 1. The largest absolute Gasteiger partial charge is 0.396 e. The third-order valence-electron chi connectivity index (χ3n) is 4.84. The number of likely N-dealkylation sites (tertiary alicyclic amines) is 1. The number of ketones is 1. The molecule has 1 N–H and O–H groups in total. The Morgan fingerprint density at radius 2 is 2.17 bits per heavy atom. The van der Waals surface area contributed by atoms with Gasteiger partial charge in [0.1, 0.15) is 5.78 Å². The van der Waals surface area contributed by atoms with Crippen LogP contribution < -0.4 is 0 Å². The van der Waals surface area contributed by atoms with Crippen molar-refractivity contribution >= 4 is 5.78 Å². The number of carbonyl (C=O) groups is 1. The summed E-state index contributed by atoms with van der Waals surface area (Å²) in [7, 11) is 0. The van der Waals surface area contributed by atoms with Crippen LogP contribution in [0.25, 0.3) is 0 Å². The number of carbonyl (C=O) groups excluding carboxylic acids is 1. The summed E-state index contributed by atoms with van der Waals surface area (Å²) < 4.78 is 0. The number of Topliss-reactive ketones (excluding diaryl/α,β-unsaturated/α-hetero) is 1. The highest BCUT2D eigenvalue weighted by atomic mass is 16.3. The fourth-order valence-electron chi connectivity index (χ4n) is 3.56. The van der Waals surface area contributed by atoms with Crippen LogP contribution in [0.1, 0.15) is 45.4 Å². The zero-order valence-electron chi connectivity index (χ0n) is 11.6. The number of nitrogens with zero attached hydrogens (tertiary/aromatic N) is 1. The van der Waals surface area contributed by atoms with E-state index < -0.39 is 0 Å². The molecule has 0 aromatic rings. The highest BCUT2D eigenvalue weighted by molar-refractivity contribution is 5.81. The first-order chi connectivity index (χ1) is 8.72. The lowest BCUT2D eigenvalue weighted by molar-refractivity contribution is -0.126. The van der Waals surface area contributed by atoms with Crippen LogP contribution in [0.2, 0.25) is 0 Å². The van der Waals surface area contributed by atoms with Crippen molar-refractivity contribution in [2.75, 3.05) is 26.2 Å². The average Bonchev–Trinajstić information content (AvgIpc) is 2.80. The van der Waals surface area contributed by atoms with Crippen molar-refractivity contribution in [3.8, 4) is 0 Å². The van der Waals surface area contributed by atoms with Crippen molar-refractivity contribution in [1.82, 2.24) is 4.90 Å². The van der Waals surface area contributed by atoms with E-state index in [0.29, 0.717) is 18.3 Å². The molecule has 18 heavy (non-hydrogen) atoms. The van der Waals surface area contributed by atoms with E-state index in [1.54, 1.807) is 0 Å². The predicted octanol–water partition coefficient (Wildman–Crippen LogP) is 2.09. The lowest BCUT2D eigenvalue weighted by Crippen LogP contribution is -2.35. The molecule has 1 aliphatic carbocycles. The van der Waals surface area contributed by atoms with E-state index in [1.807, 2.05) is 0 Å². The van der Waals surface area contributed by atoms with Crippen molar-refractivity contribution in [3.63, 3.8) is 0 Å². The molecule has 3 unspecified atom stereocenters. The lowest BCUT2D eigenvalue weighted by Gasteiger charge is -2.30. The Labute approximate surface area is 111 Å². The smallest absolute Gasteiger partial charge is 0.137 e. The van der Waals surface area contributed by atoms with Gasteiger partial charge in [-0.3, -0.25) is 4.79 Å². The second kappa shape index (κ2) is 6.67. The van der Waals surface area contributed by atoms with E-state index in [2.05, 4.69) is 11.8 Å². The average molecular weight is 253 g/mol. The lowest BCUT2D eigenvalue weighted by atomic mass is 9.79. The molecule has 2 fully saturated rings. The molecule has 0 spiro atoms. The standard InChI is InChI=1S/C15H27NO2/c1-2-12-3-4-15(18)14(9-12)11-16-7-5-13(10-16)6-8-17/h12-14,17H,2-11H2,1H3. The van der Waals surface area contributed by atoms with E-state index in [-0.39, 0.29) is 5.92 Å². The van der Waals surface area contributed by atoms with E-state index >= 15 is 0 Å². The molecule has 1 saturated heterocycles. The molecule has 0 amide bonds. The summed E-state index contributed by atoms with van der Waals surface area (Å²) in [5.74, 6) is 2.20. The van der Waals surface area contributed by atoms with Crippen LogP contribution in [0.15, 0.2) is 0 Å². The Kier molecular flexibility index (Phi) is 5.19. The third-order valence-corrected chi connectivity index (χ3v) is 4.84. The van der Waals surface area contributed by atoms with Crippen LogP contribution in [0.5, 0.6) is 0 Å². The van der Waals surface area contributed by atoms with Crippen LogP contribution in [0.4, 0.5) is 0 Å². The maximum Gasteiger partial charge on any atom is 0.137 e. The van der Waals surface area contributed by atoms with Gasteiger partial charge in [0.05, 0.1) is 0 Å². The second-order valence-corrected chi connectivity index (χ2v) is 6.14. The molecule has 1 heterocycles. The van der Waals surface area contributed by atoms with Crippen LogP contribution >= 0.6 is 0 Å². The summed E-state index contributed by atoms with van der Waals surface area (Å²) in [5, 5.41) is 8.97. The molecule has 104 valence electrons. The number of rotatable bonds is 5. The maximum atomic E-state index is 12.0. The number of aliphatic hydroxyl groups excluding tert-OH is 1. The van der Waals surface area contributed by atoms with Crippen LogP contribution in [0.3, 0.4) is 0 Å². The Balaban J connectivity index is 1.79. The number of hydrogen-bond acceptors (Lipinski definition) is 3. The summed E-state index contributed by atoms with van der Waals surface area (Å²) in [6.07, 6.45) is 6.36. The van der Waals surface area contributed by atoms with Crippen molar-refractivity contribution < 1.29 is 9.90 Å². The van der Waals surface area contributed by atoms with Crippen molar-refractivity contribution in [3.05, 3.63) is 0 Å². The van der Waals surface area contributed by atoms with E-state index in [4.69, 9.17) is 5.11 Å². The van der Waals surface area contributed by atoms with Gasteiger partial charge in [0, 0.05) is 32.0 Å². The highest BCUT2D eigenvalue weighted by Gasteiger charge is 2.31. The van der Waals surface area contributed by atoms with Gasteiger partial charge in [0.25, 0.3) is 0 Å². The maximum absolute atomic E-state index is 12.0. The van der Waals surface area contributed by atoms with Gasteiger partial charge >= 0.3 is 0 Å². The van der Waals surface area contributed by atoms with Crippen molar-refractivity contribution in [1.29, 1.82) is 0 Å². The topological polar surface area (TPSA) is 40.5 Å². The molecule has 3 heteroatoms. The molecule has 2 aliphatic rings. The fourth-order valence-corrected chi connectivity index (χ4v) is 3.56. The molecular weight excluding hydrogens is 226 g/mol. The zero-order valence-corrected chi connectivity index (χ0v) is 11.6. The third kappa shape index (κ3) is 3.55. The summed E-state index contributed by atoms with van der Waals surface area (Å²) >= 11 is 0. The zero-order chi connectivity index (χ0) is 13.0. The van der Waals surface area contributed by atoms with Gasteiger partial charge in [-0.15, -0.1) is 0 Å². The minimum Gasteiger partial charge on any atom is -0.396 e. The minimum atomic E-state index is 0.288. The molecule has 3 atom stereocenters. The second-order valence-electron chi connectivity index (χ2n) is 6.14. The quantitative estimate of drug-likeness (QED) is 0.815. The Hall–Kier alpha value is -0.410. The molecule has 0 bridgehead atoms. The van der Waals surface area contributed by atoms with Crippen LogP contribution in [-0.2, 0) is 4.79 Å². The summed E-state index contributed by atoms with van der Waals surface area (Å²) in [6.45, 7) is 5.72. The van der Waals surface area contributed by atoms with Gasteiger partial charge in [0.2, 0.25) is 0 Å². The molecule has 0 aromatic carbocycles. The predicted molar refractivity (Wildman–Crippen MR) is 72.4 cm³/mol. The van der Waals surface area contributed by atoms with Crippen LogP contribution in [-0.4, -0.2) is 42.0 Å². The SMILES string of the molecule is CCC1CCC(=O)C(CN2CCC(CCO)C2)C1. The van der Waals surface area contributed by atoms with Gasteiger partial charge in [0.15, 0.2) is 0 Å². The summed E-state index contributed by atoms with van der Waals surface area (Å²) in [4.78, 5) is 14.4. The first-order valence-corrected chi connectivity index (χ1v) is 7.58. The van der Waals surface area contributed by atoms with E-state index in [1.165, 1.54) is 12.8 Å². The normalized spacial score (nSPS) is 34.1. The molecule has 0 aromatic heterocycles. The molecule has 0 radical (unpaired) electrons. The van der Waals surface area contributed by atoms with Gasteiger partial charge in [-0.25, -0.2) is 0 Å². The van der Waals surface area contributed by atoms with Crippen LogP contribution in [0, 0.1) is 17.8 Å². The van der Waals surface area contributed by atoms with Crippen molar-refractivity contribution in [2.45, 2.75) is 45.4 Å². The summed E-state index contributed by atoms with van der Waals surface area (Å²) in [5.41, 5.74) is 0. The molecular formula is C15H27NO2.